The van der Waals surface area contributed by atoms with E-state index in [2.05, 4.69) is 5.32 Å². The van der Waals surface area contributed by atoms with Crippen molar-refractivity contribution in [1.29, 1.82) is 0 Å². The summed E-state index contributed by atoms with van der Waals surface area (Å²) in [5.41, 5.74) is 0. The van der Waals surface area contributed by atoms with Crippen molar-refractivity contribution in [2.75, 3.05) is 39.4 Å². The Hall–Kier alpha value is -0.650. The number of amides is 1. The Morgan fingerprint density at radius 2 is 1.86 bits per heavy atom. The highest BCUT2D eigenvalue weighted by molar-refractivity contribution is 5.76. The van der Waals surface area contributed by atoms with Crippen molar-refractivity contribution in [1.82, 2.24) is 10.2 Å². The van der Waals surface area contributed by atoms with E-state index in [9.17, 15) is 4.79 Å². The van der Waals surface area contributed by atoms with E-state index in [0.29, 0.717) is 26.1 Å². The summed E-state index contributed by atoms with van der Waals surface area (Å²) < 4.78 is 0. The van der Waals surface area contributed by atoms with Crippen molar-refractivity contribution in [3.8, 4) is 0 Å². The van der Waals surface area contributed by atoms with E-state index in [1.165, 1.54) is 4.90 Å². The summed E-state index contributed by atoms with van der Waals surface area (Å²) in [6, 6.07) is 0. The quantitative estimate of drug-likeness (QED) is 0.434. The first-order chi connectivity index (χ1) is 6.76. The van der Waals surface area contributed by atoms with Gasteiger partial charge >= 0.3 is 0 Å². The fourth-order valence-electron chi connectivity index (χ4n) is 1.13. The number of carbonyl (C=O) groups excluding carboxylic acids is 1. The van der Waals surface area contributed by atoms with Gasteiger partial charge in [-0.3, -0.25) is 4.79 Å². The summed E-state index contributed by atoms with van der Waals surface area (Å²) in [7, 11) is 0. The van der Waals surface area contributed by atoms with Gasteiger partial charge < -0.3 is 20.4 Å². The highest BCUT2D eigenvalue weighted by Crippen LogP contribution is 1.92. The lowest BCUT2D eigenvalue weighted by Crippen LogP contribution is -2.37. The van der Waals surface area contributed by atoms with Crippen LogP contribution in [0, 0.1) is 0 Å². The van der Waals surface area contributed by atoms with Crippen LogP contribution in [0.1, 0.15) is 13.3 Å². The highest BCUT2D eigenvalue weighted by atomic mass is 16.3. The van der Waals surface area contributed by atoms with Crippen molar-refractivity contribution in [2.45, 2.75) is 13.3 Å². The monoisotopic (exact) mass is 204 g/mol. The number of nitrogens with one attached hydrogen (secondary N) is 1. The minimum atomic E-state index is -0.0626. The molecule has 0 radical (unpaired) electrons. The van der Waals surface area contributed by atoms with Crippen molar-refractivity contribution in [3.63, 3.8) is 0 Å². The smallest absolute Gasteiger partial charge is 0.224 e. The van der Waals surface area contributed by atoms with Crippen LogP contribution in [0.5, 0.6) is 0 Å². The van der Waals surface area contributed by atoms with Gasteiger partial charge in [-0.05, 0) is 6.54 Å². The normalized spacial score (nSPS) is 10.2. The molecule has 0 bridgehead atoms. The van der Waals surface area contributed by atoms with Gasteiger partial charge in [0.25, 0.3) is 0 Å². The summed E-state index contributed by atoms with van der Waals surface area (Å²) in [4.78, 5) is 12.9. The zero-order valence-corrected chi connectivity index (χ0v) is 8.70. The molecule has 0 rings (SSSR count). The molecule has 0 aliphatic rings. The molecule has 14 heavy (non-hydrogen) atoms. The van der Waals surface area contributed by atoms with Crippen LogP contribution in [0.4, 0.5) is 0 Å². The molecule has 0 spiro atoms. The molecule has 1 amide bonds. The molecule has 0 atom stereocenters. The van der Waals surface area contributed by atoms with E-state index in [0.717, 1.165) is 6.54 Å². The van der Waals surface area contributed by atoms with E-state index in [-0.39, 0.29) is 19.1 Å². The Morgan fingerprint density at radius 3 is 2.29 bits per heavy atom. The van der Waals surface area contributed by atoms with E-state index in [1.54, 1.807) is 0 Å². The largest absolute Gasteiger partial charge is 0.395 e. The van der Waals surface area contributed by atoms with Crippen LogP contribution in [0.25, 0.3) is 0 Å². The lowest BCUT2D eigenvalue weighted by atomic mass is 10.3. The van der Waals surface area contributed by atoms with Crippen molar-refractivity contribution in [2.24, 2.45) is 0 Å². The van der Waals surface area contributed by atoms with Crippen LogP contribution in [0.3, 0.4) is 0 Å². The van der Waals surface area contributed by atoms with E-state index < -0.39 is 0 Å². The molecule has 0 aliphatic heterocycles. The third-order valence-electron chi connectivity index (χ3n) is 1.86. The van der Waals surface area contributed by atoms with Gasteiger partial charge in [0, 0.05) is 26.1 Å². The number of nitrogens with zero attached hydrogens (tertiary/aromatic N) is 1. The number of hydrogen-bond donors (Lipinski definition) is 3. The van der Waals surface area contributed by atoms with Gasteiger partial charge in [0.05, 0.1) is 13.2 Å². The topological polar surface area (TPSA) is 72.8 Å². The molecule has 0 fully saturated rings. The van der Waals surface area contributed by atoms with Crippen molar-refractivity contribution < 1.29 is 15.0 Å². The first-order valence-corrected chi connectivity index (χ1v) is 4.96. The molecule has 0 heterocycles. The molecular weight excluding hydrogens is 184 g/mol. The molecule has 0 saturated carbocycles. The Balaban J connectivity index is 3.76. The molecular formula is C9H20N2O3. The summed E-state index contributed by atoms with van der Waals surface area (Å²) in [5, 5.41) is 20.4. The Labute approximate surface area is 84.7 Å². The minimum Gasteiger partial charge on any atom is -0.395 e. The van der Waals surface area contributed by atoms with Crippen LogP contribution in [-0.4, -0.2) is 60.4 Å². The average molecular weight is 204 g/mol. The minimum absolute atomic E-state index is 0.0333. The molecule has 0 aliphatic carbocycles. The van der Waals surface area contributed by atoms with Crippen LogP contribution in [-0.2, 0) is 4.79 Å². The van der Waals surface area contributed by atoms with Gasteiger partial charge in [0.15, 0.2) is 0 Å². The molecule has 5 nitrogen and oxygen atoms in total. The van der Waals surface area contributed by atoms with Crippen molar-refractivity contribution >= 4 is 5.91 Å². The molecule has 0 aromatic rings. The second-order valence-electron chi connectivity index (χ2n) is 2.93. The number of aliphatic hydroxyl groups excluding tert-OH is 2. The van der Waals surface area contributed by atoms with Crippen LogP contribution in [0.15, 0.2) is 0 Å². The molecule has 5 heteroatoms. The Kier molecular flexibility index (Phi) is 8.51. The molecule has 0 aromatic heterocycles. The van der Waals surface area contributed by atoms with Gasteiger partial charge in [-0.2, -0.15) is 0 Å². The van der Waals surface area contributed by atoms with Gasteiger partial charge in [0.1, 0.15) is 0 Å². The molecule has 0 aromatic carbocycles. The summed E-state index contributed by atoms with van der Waals surface area (Å²) in [6.45, 7) is 3.93. The molecule has 3 N–H and O–H groups in total. The third kappa shape index (κ3) is 5.90. The SMILES string of the molecule is CCNCCC(=O)N(CCO)CCO. The van der Waals surface area contributed by atoms with E-state index in [1.807, 2.05) is 6.92 Å². The van der Waals surface area contributed by atoms with Crippen LogP contribution in [0.2, 0.25) is 0 Å². The maximum Gasteiger partial charge on any atom is 0.224 e. The van der Waals surface area contributed by atoms with E-state index >= 15 is 0 Å². The standard InChI is InChI=1S/C9H20N2O3/c1-2-10-4-3-9(14)11(5-7-12)6-8-13/h10,12-13H,2-8H2,1H3. The maximum absolute atomic E-state index is 11.5. The Bertz CT molecular complexity index is 147. The average Bonchev–Trinajstić information content (AvgIpc) is 2.18. The second kappa shape index (κ2) is 8.93. The van der Waals surface area contributed by atoms with Gasteiger partial charge in [-0.25, -0.2) is 0 Å². The number of hydrogen-bond acceptors (Lipinski definition) is 4. The van der Waals surface area contributed by atoms with Gasteiger partial charge in [-0.15, -0.1) is 0 Å². The summed E-state index contributed by atoms with van der Waals surface area (Å²) in [5.74, 6) is -0.0333. The second-order valence-corrected chi connectivity index (χ2v) is 2.93. The zero-order valence-electron chi connectivity index (χ0n) is 8.70. The van der Waals surface area contributed by atoms with Crippen LogP contribution >= 0.6 is 0 Å². The fraction of sp³-hybridized carbons (Fsp3) is 0.889. The number of aliphatic hydroxyl groups is 2. The van der Waals surface area contributed by atoms with Crippen LogP contribution < -0.4 is 5.32 Å². The highest BCUT2D eigenvalue weighted by Gasteiger charge is 2.10. The predicted molar refractivity (Wildman–Crippen MR) is 53.9 cm³/mol. The molecule has 0 unspecified atom stereocenters. The third-order valence-corrected chi connectivity index (χ3v) is 1.86. The summed E-state index contributed by atoms with van der Waals surface area (Å²) >= 11 is 0. The molecule has 84 valence electrons. The first kappa shape index (κ1) is 13.4. The zero-order chi connectivity index (χ0) is 10.8. The molecule has 0 saturated heterocycles. The maximum atomic E-state index is 11.5. The van der Waals surface area contributed by atoms with Crippen molar-refractivity contribution in [3.05, 3.63) is 0 Å². The lowest BCUT2D eigenvalue weighted by molar-refractivity contribution is -0.132. The summed E-state index contributed by atoms with van der Waals surface area (Å²) in [6.07, 6.45) is 0.411. The predicted octanol–water partition coefficient (Wildman–Crippen LogP) is -1.20. The lowest BCUT2D eigenvalue weighted by Gasteiger charge is -2.20. The fourth-order valence-corrected chi connectivity index (χ4v) is 1.13. The van der Waals surface area contributed by atoms with Gasteiger partial charge in [0.2, 0.25) is 5.91 Å². The van der Waals surface area contributed by atoms with E-state index in [4.69, 9.17) is 10.2 Å². The number of rotatable bonds is 8. The first-order valence-electron chi connectivity index (χ1n) is 4.96. The Morgan fingerprint density at radius 1 is 1.29 bits per heavy atom. The van der Waals surface area contributed by atoms with Gasteiger partial charge in [-0.1, -0.05) is 6.92 Å². The number of carbonyl (C=O) groups is 1.